The van der Waals surface area contributed by atoms with Crippen LogP contribution in [0.3, 0.4) is 0 Å². The number of carbonyl (C=O) groups excluding carboxylic acids is 1. The average molecular weight is 257 g/mol. The lowest BCUT2D eigenvalue weighted by Crippen LogP contribution is -2.35. The minimum absolute atomic E-state index is 0.271. The Kier molecular flexibility index (Phi) is 7.96. The molecule has 0 aromatic heterocycles. The second-order valence-corrected chi connectivity index (χ2v) is 4.81. The highest BCUT2D eigenvalue weighted by atomic mass is 16.5. The Bertz CT molecular complexity index is 236. The highest BCUT2D eigenvalue weighted by molar-refractivity contribution is 5.76. The zero-order valence-corrected chi connectivity index (χ0v) is 11.6. The maximum absolute atomic E-state index is 12.0. The molecule has 106 valence electrons. The molecule has 0 aliphatic carbocycles. The third-order valence-electron chi connectivity index (χ3n) is 3.36. The summed E-state index contributed by atoms with van der Waals surface area (Å²) in [5.74, 6) is 0.271. The molecule has 2 N–H and O–H groups in total. The van der Waals surface area contributed by atoms with E-state index in [1.807, 2.05) is 4.90 Å². The molecule has 1 aliphatic heterocycles. The molecule has 0 spiro atoms. The highest BCUT2D eigenvalue weighted by Crippen LogP contribution is 2.06. The Hall–Kier alpha value is -0.650. The van der Waals surface area contributed by atoms with E-state index in [9.17, 15) is 4.79 Å². The summed E-state index contributed by atoms with van der Waals surface area (Å²) in [4.78, 5) is 16.4. The van der Waals surface area contributed by atoms with Gasteiger partial charge in [-0.05, 0) is 38.9 Å². The standard InChI is InChI=1S/C13H27N3O2/c1-18-12-2-5-13(17)16-9-4-8-15(10-11-16)7-3-6-14/h2-12,14H2,1H3. The molecule has 0 unspecified atom stereocenters. The van der Waals surface area contributed by atoms with Crippen molar-refractivity contribution in [2.75, 3.05) is 53.0 Å². The maximum Gasteiger partial charge on any atom is 0.222 e. The van der Waals surface area contributed by atoms with E-state index in [-0.39, 0.29) is 5.91 Å². The molecule has 0 aromatic carbocycles. The van der Waals surface area contributed by atoms with E-state index in [4.69, 9.17) is 10.5 Å². The lowest BCUT2D eigenvalue weighted by atomic mass is 10.2. The second kappa shape index (κ2) is 9.30. The van der Waals surface area contributed by atoms with Crippen molar-refractivity contribution >= 4 is 5.91 Å². The molecule has 0 saturated carbocycles. The van der Waals surface area contributed by atoms with Crippen LogP contribution in [0.25, 0.3) is 0 Å². The number of hydrogen-bond donors (Lipinski definition) is 1. The van der Waals surface area contributed by atoms with Crippen molar-refractivity contribution in [3.63, 3.8) is 0 Å². The number of carbonyl (C=O) groups is 1. The summed E-state index contributed by atoms with van der Waals surface area (Å²) in [6.07, 6.45) is 3.54. The van der Waals surface area contributed by atoms with E-state index in [0.717, 1.165) is 58.5 Å². The molecule has 5 nitrogen and oxygen atoms in total. The van der Waals surface area contributed by atoms with E-state index in [0.29, 0.717) is 13.0 Å². The lowest BCUT2D eigenvalue weighted by molar-refractivity contribution is -0.131. The molecule has 0 atom stereocenters. The van der Waals surface area contributed by atoms with E-state index in [1.54, 1.807) is 7.11 Å². The van der Waals surface area contributed by atoms with E-state index >= 15 is 0 Å². The van der Waals surface area contributed by atoms with Crippen LogP contribution < -0.4 is 5.73 Å². The molecule has 0 bridgehead atoms. The zero-order chi connectivity index (χ0) is 13.2. The molecule has 18 heavy (non-hydrogen) atoms. The van der Waals surface area contributed by atoms with Gasteiger partial charge in [0.1, 0.15) is 0 Å². The normalized spacial score (nSPS) is 17.8. The summed E-state index contributed by atoms with van der Waals surface area (Å²) in [5, 5.41) is 0. The van der Waals surface area contributed by atoms with Gasteiger partial charge in [-0.25, -0.2) is 0 Å². The first-order chi connectivity index (χ1) is 8.77. The zero-order valence-electron chi connectivity index (χ0n) is 11.6. The Morgan fingerprint density at radius 3 is 2.78 bits per heavy atom. The largest absolute Gasteiger partial charge is 0.385 e. The fraction of sp³-hybridized carbons (Fsp3) is 0.923. The highest BCUT2D eigenvalue weighted by Gasteiger charge is 2.18. The number of nitrogens with two attached hydrogens (primary N) is 1. The van der Waals surface area contributed by atoms with Crippen LogP contribution in [-0.2, 0) is 9.53 Å². The summed E-state index contributed by atoms with van der Waals surface area (Å²) >= 11 is 0. The van der Waals surface area contributed by atoms with Crippen molar-refractivity contribution in [1.29, 1.82) is 0 Å². The van der Waals surface area contributed by atoms with Gasteiger partial charge < -0.3 is 20.3 Å². The van der Waals surface area contributed by atoms with E-state index < -0.39 is 0 Å². The summed E-state index contributed by atoms with van der Waals surface area (Å²) in [6, 6.07) is 0. The van der Waals surface area contributed by atoms with Crippen molar-refractivity contribution in [2.45, 2.75) is 25.7 Å². The molecule has 1 rings (SSSR count). The Morgan fingerprint density at radius 1 is 1.22 bits per heavy atom. The Balaban J connectivity index is 2.25. The molecule has 0 radical (unpaired) electrons. The van der Waals surface area contributed by atoms with Crippen LogP contribution >= 0.6 is 0 Å². The maximum atomic E-state index is 12.0. The summed E-state index contributed by atoms with van der Waals surface area (Å²) in [7, 11) is 1.67. The smallest absolute Gasteiger partial charge is 0.222 e. The van der Waals surface area contributed by atoms with Gasteiger partial charge >= 0.3 is 0 Å². The van der Waals surface area contributed by atoms with Crippen LogP contribution in [0.4, 0.5) is 0 Å². The predicted molar refractivity (Wildman–Crippen MR) is 72.4 cm³/mol. The Labute approximate surface area is 110 Å². The first kappa shape index (κ1) is 15.4. The van der Waals surface area contributed by atoms with Crippen LogP contribution in [0.5, 0.6) is 0 Å². The van der Waals surface area contributed by atoms with Crippen LogP contribution in [0, 0.1) is 0 Å². The number of rotatable bonds is 7. The molecule has 1 fully saturated rings. The fourth-order valence-electron chi connectivity index (χ4n) is 2.28. The van der Waals surface area contributed by atoms with Crippen molar-refractivity contribution < 1.29 is 9.53 Å². The molecule has 5 heteroatoms. The minimum atomic E-state index is 0.271. The van der Waals surface area contributed by atoms with Crippen molar-refractivity contribution in [1.82, 2.24) is 9.80 Å². The summed E-state index contributed by atoms with van der Waals surface area (Å²) in [5.41, 5.74) is 5.53. The number of nitrogens with zero attached hydrogens (tertiary/aromatic N) is 2. The first-order valence-corrected chi connectivity index (χ1v) is 6.97. The van der Waals surface area contributed by atoms with Gasteiger partial charge in [0, 0.05) is 39.8 Å². The average Bonchev–Trinajstić information content (AvgIpc) is 2.62. The third kappa shape index (κ3) is 5.80. The molecule has 1 aliphatic rings. The predicted octanol–water partition coefficient (Wildman–Crippen LogP) is 0.296. The fourth-order valence-corrected chi connectivity index (χ4v) is 2.28. The topological polar surface area (TPSA) is 58.8 Å². The number of methoxy groups -OCH3 is 1. The minimum Gasteiger partial charge on any atom is -0.385 e. The van der Waals surface area contributed by atoms with Crippen molar-refractivity contribution in [3.05, 3.63) is 0 Å². The molecule has 1 amide bonds. The summed E-state index contributed by atoms with van der Waals surface area (Å²) < 4.78 is 4.97. The number of amides is 1. The van der Waals surface area contributed by atoms with Gasteiger partial charge in [0.2, 0.25) is 5.91 Å². The van der Waals surface area contributed by atoms with Gasteiger partial charge in [-0.1, -0.05) is 0 Å². The van der Waals surface area contributed by atoms with Crippen molar-refractivity contribution in [3.8, 4) is 0 Å². The molecule has 0 aromatic rings. The first-order valence-electron chi connectivity index (χ1n) is 6.97. The third-order valence-corrected chi connectivity index (χ3v) is 3.36. The quantitative estimate of drug-likeness (QED) is 0.666. The van der Waals surface area contributed by atoms with Crippen LogP contribution in [0.2, 0.25) is 0 Å². The van der Waals surface area contributed by atoms with Gasteiger partial charge in [0.25, 0.3) is 0 Å². The van der Waals surface area contributed by atoms with Gasteiger partial charge in [-0.3, -0.25) is 4.79 Å². The van der Waals surface area contributed by atoms with Gasteiger partial charge in [0.15, 0.2) is 0 Å². The van der Waals surface area contributed by atoms with Gasteiger partial charge in [-0.15, -0.1) is 0 Å². The van der Waals surface area contributed by atoms with Crippen molar-refractivity contribution in [2.24, 2.45) is 5.73 Å². The van der Waals surface area contributed by atoms with E-state index in [2.05, 4.69) is 4.90 Å². The summed E-state index contributed by atoms with van der Waals surface area (Å²) in [6.45, 7) is 6.29. The molecular weight excluding hydrogens is 230 g/mol. The number of ether oxygens (including phenoxy) is 1. The molecular formula is C13H27N3O2. The van der Waals surface area contributed by atoms with Crippen LogP contribution in [-0.4, -0.2) is 68.7 Å². The second-order valence-electron chi connectivity index (χ2n) is 4.81. The molecule has 1 saturated heterocycles. The van der Waals surface area contributed by atoms with Crippen LogP contribution in [0.15, 0.2) is 0 Å². The SMILES string of the molecule is COCCCC(=O)N1CCCN(CCCN)CC1. The number of hydrogen-bond acceptors (Lipinski definition) is 4. The van der Waals surface area contributed by atoms with Gasteiger partial charge in [0.05, 0.1) is 0 Å². The monoisotopic (exact) mass is 257 g/mol. The van der Waals surface area contributed by atoms with E-state index in [1.165, 1.54) is 0 Å². The Morgan fingerprint density at radius 2 is 2.06 bits per heavy atom. The van der Waals surface area contributed by atoms with Crippen LogP contribution in [0.1, 0.15) is 25.7 Å². The lowest BCUT2D eigenvalue weighted by Gasteiger charge is -2.21. The van der Waals surface area contributed by atoms with Gasteiger partial charge in [-0.2, -0.15) is 0 Å². The molecule has 1 heterocycles.